The molecule has 0 fully saturated rings. The summed E-state index contributed by atoms with van der Waals surface area (Å²) in [6.07, 6.45) is 0. The first kappa shape index (κ1) is 8.60. The van der Waals surface area contributed by atoms with E-state index in [0.29, 0.717) is 0 Å². The molecule has 0 amide bonds. The number of H-pyrrole nitrogens is 2. The van der Waals surface area contributed by atoms with Gasteiger partial charge in [-0.15, -0.1) is 0 Å². The van der Waals surface area contributed by atoms with Gasteiger partial charge in [-0.05, 0) is 12.2 Å². The van der Waals surface area contributed by atoms with Gasteiger partial charge < -0.3 is 10.1 Å². The third-order valence-corrected chi connectivity index (χ3v) is 1.30. The van der Waals surface area contributed by atoms with Crippen molar-refractivity contribution >= 4 is 18.2 Å². The first-order chi connectivity index (χ1) is 5.52. The van der Waals surface area contributed by atoms with E-state index in [2.05, 4.69) is 12.2 Å². The highest BCUT2D eigenvalue weighted by atomic mass is 32.1. The molecule has 0 aliphatic rings. The highest BCUT2D eigenvalue weighted by Crippen LogP contribution is 1.95. The number of hydrogen-bond acceptors (Lipinski definition) is 3. The summed E-state index contributed by atoms with van der Waals surface area (Å²) in [6.45, 7) is 0. The SMILES string of the molecule is O=C(O)c1[nH]c(=S)[nH]c(=O)c1F. The van der Waals surface area contributed by atoms with E-state index < -0.39 is 23.0 Å². The molecule has 1 aromatic heterocycles. The van der Waals surface area contributed by atoms with Crippen LogP contribution >= 0.6 is 12.2 Å². The molecule has 0 aliphatic carbocycles. The van der Waals surface area contributed by atoms with Crippen LogP contribution in [0.3, 0.4) is 0 Å². The van der Waals surface area contributed by atoms with Crippen LogP contribution in [0.1, 0.15) is 10.5 Å². The number of aromatic carboxylic acids is 1. The maximum atomic E-state index is 12.6. The maximum absolute atomic E-state index is 12.6. The van der Waals surface area contributed by atoms with Crippen LogP contribution in [-0.2, 0) is 0 Å². The molecule has 64 valence electrons. The minimum Gasteiger partial charge on any atom is -0.476 e. The van der Waals surface area contributed by atoms with Gasteiger partial charge in [0.1, 0.15) is 0 Å². The lowest BCUT2D eigenvalue weighted by Crippen LogP contribution is -2.18. The summed E-state index contributed by atoms with van der Waals surface area (Å²) in [4.78, 5) is 24.7. The van der Waals surface area contributed by atoms with E-state index in [4.69, 9.17) is 5.11 Å². The Labute approximate surface area is 69.9 Å². The Kier molecular flexibility index (Phi) is 2.05. The molecule has 0 aromatic carbocycles. The zero-order valence-corrected chi connectivity index (χ0v) is 6.37. The topological polar surface area (TPSA) is 85.9 Å². The molecule has 3 N–H and O–H groups in total. The molecule has 1 rings (SSSR count). The molecule has 0 spiro atoms. The summed E-state index contributed by atoms with van der Waals surface area (Å²) in [5.74, 6) is -2.94. The molecule has 0 radical (unpaired) electrons. The van der Waals surface area contributed by atoms with E-state index in [1.165, 1.54) is 0 Å². The standard InChI is InChI=1S/C5H3FN2O3S/c6-1-2(4(10)11)7-5(12)8-3(1)9/h(H,10,11)(H2,7,8,9,12). The Morgan fingerprint density at radius 1 is 1.50 bits per heavy atom. The van der Waals surface area contributed by atoms with Crippen molar-refractivity contribution < 1.29 is 14.3 Å². The minimum absolute atomic E-state index is 0.223. The molecule has 12 heavy (non-hydrogen) atoms. The number of halogens is 1. The minimum atomic E-state index is -1.57. The van der Waals surface area contributed by atoms with Crippen LogP contribution in [0.15, 0.2) is 4.79 Å². The maximum Gasteiger partial charge on any atom is 0.355 e. The molecule has 0 saturated carbocycles. The third kappa shape index (κ3) is 1.40. The highest BCUT2D eigenvalue weighted by Gasteiger charge is 2.13. The molecule has 0 aliphatic heterocycles. The van der Waals surface area contributed by atoms with Gasteiger partial charge in [0.15, 0.2) is 10.5 Å². The highest BCUT2D eigenvalue weighted by molar-refractivity contribution is 7.71. The third-order valence-electron chi connectivity index (χ3n) is 1.10. The lowest BCUT2D eigenvalue weighted by Gasteiger charge is -1.94. The largest absolute Gasteiger partial charge is 0.476 e. The second-order valence-corrected chi connectivity index (χ2v) is 2.31. The lowest BCUT2D eigenvalue weighted by molar-refractivity contribution is 0.0684. The van der Waals surface area contributed by atoms with Crippen molar-refractivity contribution in [3.8, 4) is 0 Å². The van der Waals surface area contributed by atoms with Crippen LogP contribution in [-0.4, -0.2) is 21.0 Å². The molecule has 1 aromatic rings. The summed E-state index contributed by atoms with van der Waals surface area (Å²) in [5, 5.41) is 8.34. The van der Waals surface area contributed by atoms with Crippen LogP contribution in [0.5, 0.6) is 0 Å². The smallest absolute Gasteiger partial charge is 0.355 e. The predicted octanol–water partition coefficient (Wildman–Crippen LogP) is 0.270. The van der Waals surface area contributed by atoms with Crippen LogP contribution in [0, 0.1) is 10.6 Å². The summed E-state index contributed by atoms with van der Waals surface area (Å²) in [5.41, 5.74) is -1.97. The Morgan fingerprint density at radius 2 is 2.08 bits per heavy atom. The first-order valence-corrected chi connectivity index (χ1v) is 3.18. The van der Waals surface area contributed by atoms with E-state index in [9.17, 15) is 14.0 Å². The van der Waals surface area contributed by atoms with Crippen molar-refractivity contribution in [3.05, 3.63) is 26.6 Å². The molecule has 1 heterocycles. The summed E-state index contributed by atoms with van der Waals surface area (Å²) >= 11 is 4.42. The zero-order chi connectivity index (χ0) is 9.30. The fraction of sp³-hybridized carbons (Fsp3) is 0. The van der Waals surface area contributed by atoms with Crippen molar-refractivity contribution in [3.63, 3.8) is 0 Å². The normalized spacial score (nSPS) is 9.75. The van der Waals surface area contributed by atoms with E-state index in [0.717, 1.165) is 0 Å². The van der Waals surface area contributed by atoms with Crippen molar-refractivity contribution in [2.75, 3.05) is 0 Å². The van der Waals surface area contributed by atoms with Gasteiger partial charge in [0, 0.05) is 0 Å². The van der Waals surface area contributed by atoms with Gasteiger partial charge in [-0.1, -0.05) is 0 Å². The van der Waals surface area contributed by atoms with Crippen molar-refractivity contribution in [2.24, 2.45) is 0 Å². The van der Waals surface area contributed by atoms with Crippen molar-refractivity contribution in [2.45, 2.75) is 0 Å². The molecular weight excluding hydrogens is 187 g/mol. The van der Waals surface area contributed by atoms with E-state index >= 15 is 0 Å². The lowest BCUT2D eigenvalue weighted by atomic mass is 10.4. The quantitative estimate of drug-likeness (QED) is 0.555. The summed E-state index contributed by atoms with van der Waals surface area (Å²) < 4.78 is 12.4. The second-order valence-electron chi connectivity index (χ2n) is 1.90. The predicted molar refractivity (Wildman–Crippen MR) is 39.2 cm³/mol. The Balaban J connectivity index is 3.59. The Morgan fingerprint density at radius 3 is 2.58 bits per heavy atom. The number of carboxylic acids is 1. The van der Waals surface area contributed by atoms with Gasteiger partial charge in [-0.2, -0.15) is 4.39 Å². The fourth-order valence-corrected chi connectivity index (χ4v) is 0.813. The molecule has 0 unspecified atom stereocenters. The average Bonchev–Trinajstić information content (AvgIpc) is 1.96. The van der Waals surface area contributed by atoms with E-state index in [1.807, 2.05) is 9.97 Å². The molecule has 0 bridgehead atoms. The first-order valence-electron chi connectivity index (χ1n) is 2.77. The van der Waals surface area contributed by atoms with Crippen LogP contribution < -0.4 is 5.56 Å². The average molecular weight is 190 g/mol. The van der Waals surface area contributed by atoms with E-state index in [1.54, 1.807) is 0 Å². The second kappa shape index (κ2) is 2.86. The number of rotatable bonds is 1. The zero-order valence-electron chi connectivity index (χ0n) is 5.55. The Hall–Kier alpha value is -1.50. The molecular formula is C5H3FN2O3S. The molecule has 7 heteroatoms. The molecule has 5 nitrogen and oxygen atoms in total. The van der Waals surface area contributed by atoms with Gasteiger partial charge in [-0.25, -0.2) is 4.79 Å². The van der Waals surface area contributed by atoms with Crippen molar-refractivity contribution in [1.82, 2.24) is 9.97 Å². The van der Waals surface area contributed by atoms with Gasteiger partial charge in [0.25, 0.3) is 5.56 Å². The summed E-state index contributed by atoms with van der Waals surface area (Å²) in [6, 6.07) is 0. The fourth-order valence-electron chi connectivity index (χ4n) is 0.619. The molecule has 0 atom stereocenters. The molecule has 0 saturated heterocycles. The van der Waals surface area contributed by atoms with Crippen LogP contribution in [0.25, 0.3) is 0 Å². The number of carboxylic acid groups (broad SMARTS) is 1. The number of carbonyl (C=O) groups is 1. The monoisotopic (exact) mass is 190 g/mol. The van der Waals surface area contributed by atoms with Crippen LogP contribution in [0.2, 0.25) is 0 Å². The number of hydrogen-bond donors (Lipinski definition) is 3. The van der Waals surface area contributed by atoms with Gasteiger partial charge in [-0.3, -0.25) is 9.78 Å². The van der Waals surface area contributed by atoms with Crippen molar-refractivity contribution in [1.29, 1.82) is 0 Å². The number of nitrogens with one attached hydrogen (secondary N) is 2. The van der Waals surface area contributed by atoms with Gasteiger partial charge in [0.2, 0.25) is 5.82 Å². The Bertz CT molecular complexity index is 435. The number of aromatic nitrogens is 2. The summed E-state index contributed by atoms with van der Waals surface area (Å²) in [7, 11) is 0. The van der Waals surface area contributed by atoms with E-state index in [-0.39, 0.29) is 4.77 Å². The number of aromatic amines is 2. The van der Waals surface area contributed by atoms with Gasteiger partial charge >= 0.3 is 5.97 Å². The van der Waals surface area contributed by atoms with Crippen LogP contribution in [0.4, 0.5) is 4.39 Å². The van der Waals surface area contributed by atoms with Gasteiger partial charge in [0.05, 0.1) is 0 Å².